The Labute approximate surface area is 144 Å². The number of H-pyrrole nitrogens is 1. The summed E-state index contributed by atoms with van der Waals surface area (Å²) in [5, 5.41) is 13.4. The summed E-state index contributed by atoms with van der Waals surface area (Å²) in [5.74, 6) is 0.503. The minimum atomic E-state index is -0.367. The molecule has 1 fully saturated rings. The molecule has 0 radical (unpaired) electrons. The van der Waals surface area contributed by atoms with Crippen molar-refractivity contribution in [2.75, 3.05) is 12.8 Å². The molecule has 24 heavy (non-hydrogen) atoms. The lowest BCUT2D eigenvalue weighted by Gasteiger charge is -2.47. The number of aromatic amines is 1. The Morgan fingerprint density at radius 1 is 1.21 bits per heavy atom. The third-order valence-electron chi connectivity index (χ3n) is 4.62. The minimum absolute atomic E-state index is 0.0141. The second-order valence-corrected chi connectivity index (χ2v) is 7.09. The fraction of sp³-hybridized carbons (Fsp3) is 0.353. The molecule has 0 bridgehead atoms. The van der Waals surface area contributed by atoms with E-state index in [1.807, 2.05) is 30.7 Å². The van der Waals surface area contributed by atoms with Crippen LogP contribution >= 0.6 is 11.8 Å². The first-order valence-electron chi connectivity index (χ1n) is 8.09. The van der Waals surface area contributed by atoms with Crippen LogP contribution in [0.3, 0.4) is 0 Å². The van der Waals surface area contributed by atoms with Crippen molar-refractivity contribution in [3.05, 3.63) is 42.0 Å². The molecule has 6 nitrogen and oxygen atoms in total. The molecule has 0 spiro atoms. The standard InChI is InChI=1S/C17H19N5OS/c1-24-16-4-2-3-9-22(16,23)17-20-11-15(21-17)12-5-6-13-14(10-12)19-8-7-18-13/h5-8,10-11,16H,2-4,9H2,1H3,(H,20,21). The van der Waals surface area contributed by atoms with E-state index < -0.39 is 0 Å². The van der Waals surface area contributed by atoms with E-state index in [0.717, 1.165) is 41.6 Å². The minimum Gasteiger partial charge on any atom is -0.624 e. The highest BCUT2D eigenvalue weighted by molar-refractivity contribution is 7.99. The van der Waals surface area contributed by atoms with Gasteiger partial charge in [-0.3, -0.25) is 19.6 Å². The SMILES string of the molecule is CSC1CCCC[N+]1([O-])c1nc(-c2ccc3nccnc3c2)c[nH]1. The number of nitrogens with zero attached hydrogens (tertiary/aromatic N) is 4. The molecule has 3 aromatic rings. The maximum atomic E-state index is 13.3. The molecule has 7 heteroatoms. The van der Waals surface area contributed by atoms with Gasteiger partial charge in [0.2, 0.25) is 0 Å². The summed E-state index contributed by atoms with van der Waals surface area (Å²) >= 11 is 1.64. The molecule has 124 valence electrons. The zero-order valence-electron chi connectivity index (χ0n) is 13.5. The van der Waals surface area contributed by atoms with Crippen LogP contribution in [0.4, 0.5) is 5.95 Å². The molecule has 3 heterocycles. The molecule has 2 atom stereocenters. The van der Waals surface area contributed by atoms with Crippen LogP contribution in [0.25, 0.3) is 22.3 Å². The van der Waals surface area contributed by atoms with Crippen LogP contribution in [0.2, 0.25) is 0 Å². The Bertz CT molecular complexity index is 867. The maximum Gasteiger partial charge on any atom is 0.307 e. The maximum absolute atomic E-state index is 13.3. The monoisotopic (exact) mass is 341 g/mol. The fourth-order valence-corrected chi connectivity index (χ4v) is 4.27. The van der Waals surface area contributed by atoms with Crippen LogP contribution in [0.1, 0.15) is 19.3 Å². The van der Waals surface area contributed by atoms with E-state index in [9.17, 15) is 5.21 Å². The number of imidazole rings is 1. The molecule has 1 aliphatic rings. The van der Waals surface area contributed by atoms with E-state index >= 15 is 0 Å². The Morgan fingerprint density at radius 2 is 2.04 bits per heavy atom. The van der Waals surface area contributed by atoms with Crippen molar-refractivity contribution < 1.29 is 0 Å². The van der Waals surface area contributed by atoms with Crippen molar-refractivity contribution in [3.8, 4) is 11.3 Å². The molecular formula is C17H19N5OS. The topological polar surface area (TPSA) is 77.5 Å². The van der Waals surface area contributed by atoms with Crippen molar-refractivity contribution >= 4 is 28.7 Å². The van der Waals surface area contributed by atoms with Gasteiger partial charge in [-0.15, -0.1) is 11.8 Å². The number of thioether (sulfide) groups is 1. The van der Waals surface area contributed by atoms with E-state index in [0.29, 0.717) is 12.5 Å². The lowest BCUT2D eigenvalue weighted by Crippen LogP contribution is -2.53. The number of hydrogen-bond donors (Lipinski definition) is 1. The second-order valence-electron chi connectivity index (χ2n) is 6.07. The molecule has 0 amide bonds. The van der Waals surface area contributed by atoms with Crippen LogP contribution in [-0.2, 0) is 0 Å². The molecule has 1 aliphatic heterocycles. The first-order chi connectivity index (χ1) is 11.7. The highest BCUT2D eigenvalue weighted by Crippen LogP contribution is 2.36. The van der Waals surface area contributed by atoms with Gasteiger partial charge in [-0.1, -0.05) is 6.07 Å². The third kappa shape index (κ3) is 2.58. The van der Waals surface area contributed by atoms with E-state index in [-0.39, 0.29) is 10.0 Å². The van der Waals surface area contributed by atoms with Gasteiger partial charge in [-0.05, 0) is 31.2 Å². The first-order valence-corrected chi connectivity index (χ1v) is 9.38. The fourth-order valence-electron chi connectivity index (χ4n) is 3.32. The third-order valence-corrected chi connectivity index (χ3v) is 5.74. The highest BCUT2D eigenvalue weighted by Gasteiger charge is 2.36. The molecule has 0 aliphatic carbocycles. The van der Waals surface area contributed by atoms with Crippen molar-refractivity contribution in [1.29, 1.82) is 0 Å². The number of fused-ring (bicyclic) bond motifs is 1. The van der Waals surface area contributed by atoms with Crippen LogP contribution in [-0.4, -0.2) is 38.1 Å². The van der Waals surface area contributed by atoms with Crippen molar-refractivity contribution in [1.82, 2.24) is 24.6 Å². The van der Waals surface area contributed by atoms with Gasteiger partial charge in [-0.2, -0.15) is 4.98 Å². The number of piperidine rings is 1. The van der Waals surface area contributed by atoms with E-state index in [2.05, 4.69) is 19.9 Å². The number of hydrogen-bond acceptors (Lipinski definition) is 5. The number of benzene rings is 1. The number of quaternary nitrogens is 1. The zero-order chi connectivity index (χ0) is 16.6. The van der Waals surface area contributed by atoms with E-state index in [1.54, 1.807) is 24.2 Å². The quantitative estimate of drug-likeness (QED) is 0.580. The summed E-state index contributed by atoms with van der Waals surface area (Å²) < 4.78 is -0.367. The summed E-state index contributed by atoms with van der Waals surface area (Å²) in [4.78, 5) is 16.4. The summed E-state index contributed by atoms with van der Waals surface area (Å²) in [7, 11) is 0. The molecule has 2 aromatic heterocycles. The van der Waals surface area contributed by atoms with Gasteiger partial charge in [-0.25, -0.2) is 0 Å². The van der Waals surface area contributed by atoms with Gasteiger partial charge in [0.15, 0.2) is 0 Å². The first kappa shape index (κ1) is 15.6. The van der Waals surface area contributed by atoms with Crippen LogP contribution < -0.4 is 4.65 Å². The zero-order valence-corrected chi connectivity index (χ0v) is 14.3. The average molecular weight is 341 g/mol. The van der Waals surface area contributed by atoms with E-state index in [4.69, 9.17) is 0 Å². The summed E-state index contributed by atoms with van der Waals surface area (Å²) in [6.45, 7) is 0.585. The van der Waals surface area contributed by atoms with E-state index in [1.165, 1.54) is 0 Å². The Balaban J connectivity index is 1.70. The van der Waals surface area contributed by atoms with Crippen LogP contribution in [0, 0.1) is 5.21 Å². The van der Waals surface area contributed by atoms with Crippen molar-refractivity contribution in [2.24, 2.45) is 0 Å². The van der Waals surface area contributed by atoms with Crippen LogP contribution in [0.15, 0.2) is 36.8 Å². The molecule has 1 aromatic carbocycles. The molecule has 2 unspecified atom stereocenters. The average Bonchev–Trinajstić information content (AvgIpc) is 3.12. The molecule has 1 N–H and O–H groups in total. The summed E-state index contributed by atoms with van der Waals surface area (Å²) in [6.07, 6.45) is 10.2. The lowest BCUT2D eigenvalue weighted by atomic mass is 10.1. The van der Waals surface area contributed by atoms with Gasteiger partial charge in [0.05, 0.1) is 23.3 Å². The smallest absolute Gasteiger partial charge is 0.307 e. The normalized spacial score (nSPS) is 24.3. The largest absolute Gasteiger partial charge is 0.624 e. The predicted molar refractivity (Wildman–Crippen MR) is 98.3 cm³/mol. The Morgan fingerprint density at radius 3 is 2.88 bits per heavy atom. The van der Waals surface area contributed by atoms with Crippen molar-refractivity contribution in [2.45, 2.75) is 24.6 Å². The molecule has 0 saturated carbocycles. The highest BCUT2D eigenvalue weighted by atomic mass is 32.2. The number of rotatable bonds is 3. The number of aromatic nitrogens is 4. The summed E-state index contributed by atoms with van der Waals surface area (Å²) in [6, 6.07) is 5.85. The van der Waals surface area contributed by atoms with Gasteiger partial charge < -0.3 is 5.21 Å². The van der Waals surface area contributed by atoms with Crippen molar-refractivity contribution in [3.63, 3.8) is 0 Å². The molecular weight excluding hydrogens is 322 g/mol. The van der Waals surface area contributed by atoms with Gasteiger partial charge >= 0.3 is 5.95 Å². The Hall–Kier alpha value is -1.96. The lowest BCUT2D eigenvalue weighted by molar-refractivity contribution is 0.271. The molecule has 4 rings (SSSR count). The molecule has 1 saturated heterocycles. The number of nitrogens with one attached hydrogen (secondary N) is 1. The van der Waals surface area contributed by atoms with Gasteiger partial charge in [0.1, 0.15) is 5.37 Å². The van der Waals surface area contributed by atoms with Gasteiger partial charge in [0.25, 0.3) is 0 Å². The van der Waals surface area contributed by atoms with Crippen LogP contribution in [0.5, 0.6) is 0 Å². The predicted octanol–water partition coefficient (Wildman–Crippen LogP) is 3.70. The second kappa shape index (κ2) is 6.16. The Kier molecular flexibility index (Phi) is 3.99. The number of hydroxylamine groups is 2. The van der Waals surface area contributed by atoms with Gasteiger partial charge in [0, 0.05) is 30.6 Å². The summed E-state index contributed by atoms with van der Waals surface area (Å²) in [5.41, 5.74) is 3.39.